The summed E-state index contributed by atoms with van der Waals surface area (Å²) < 4.78 is 5.43. The summed E-state index contributed by atoms with van der Waals surface area (Å²) >= 11 is 0. The van der Waals surface area contributed by atoms with Gasteiger partial charge < -0.3 is 4.74 Å². The van der Waals surface area contributed by atoms with Gasteiger partial charge in [0.25, 0.3) is 0 Å². The van der Waals surface area contributed by atoms with Gasteiger partial charge in [0.15, 0.2) is 0 Å². The van der Waals surface area contributed by atoms with E-state index in [1.165, 1.54) is 6.20 Å². The van der Waals surface area contributed by atoms with E-state index in [4.69, 9.17) is 10.00 Å². The van der Waals surface area contributed by atoms with Gasteiger partial charge in [0, 0.05) is 30.1 Å². The number of hydrogen-bond acceptors (Lipinski definition) is 6. The maximum absolute atomic E-state index is 13.4. The molecule has 0 bridgehead atoms. The standard InChI is InChI=1S/C20H18N4O3/c1-19(2,3)27-18(26)24-16-14(5-4-6-22-16)20(17(24)25)8-13-7-12(10-21)11-23-15(13)9-20/h4-7,11H,8-9H2,1-3H3/t20-/m0/s1. The molecular formula is C20H18N4O3. The van der Waals surface area contributed by atoms with Crippen molar-refractivity contribution in [3.63, 3.8) is 0 Å². The molecule has 0 radical (unpaired) electrons. The summed E-state index contributed by atoms with van der Waals surface area (Å²) in [4.78, 5) is 35.8. The van der Waals surface area contributed by atoms with Crippen molar-refractivity contribution in [1.29, 1.82) is 5.26 Å². The number of carbonyl (C=O) groups is 2. The van der Waals surface area contributed by atoms with Crippen molar-refractivity contribution in [2.75, 3.05) is 4.90 Å². The molecule has 136 valence electrons. The Bertz CT molecular complexity index is 1020. The number of aromatic nitrogens is 2. The SMILES string of the molecule is CC(C)(C)OC(=O)N1C(=O)[C@]2(Cc3cc(C#N)cnc3C2)c2cccnc21. The molecule has 0 unspecified atom stereocenters. The van der Waals surface area contributed by atoms with E-state index in [0.29, 0.717) is 29.8 Å². The lowest BCUT2D eigenvalue weighted by Crippen LogP contribution is -2.46. The molecule has 2 aromatic heterocycles. The van der Waals surface area contributed by atoms with Crippen molar-refractivity contribution in [2.24, 2.45) is 0 Å². The fraction of sp³-hybridized carbons (Fsp3) is 0.350. The van der Waals surface area contributed by atoms with Gasteiger partial charge in [-0.05, 0) is 44.9 Å². The molecule has 0 N–H and O–H groups in total. The van der Waals surface area contributed by atoms with Crippen LogP contribution < -0.4 is 4.90 Å². The average Bonchev–Trinajstić information content (AvgIpc) is 3.10. The lowest BCUT2D eigenvalue weighted by atomic mass is 9.79. The number of nitriles is 1. The lowest BCUT2D eigenvalue weighted by Gasteiger charge is -2.25. The Morgan fingerprint density at radius 2 is 2.11 bits per heavy atom. The monoisotopic (exact) mass is 362 g/mol. The highest BCUT2D eigenvalue weighted by atomic mass is 16.6. The number of fused-ring (bicyclic) bond motifs is 3. The summed E-state index contributed by atoms with van der Waals surface area (Å²) in [5, 5.41) is 9.12. The predicted molar refractivity (Wildman–Crippen MR) is 96.0 cm³/mol. The van der Waals surface area contributed by atoms with Crippen LogP contribution in [0.4, 0.5) is 10.6 Å². The molecule has 0 saturated heterocycles. The number of imide groups is 1. The largest absolute Gasteiger partial charge is 0.443 e. The number of amides is 2. The third-order valence-electron chi connectivity index (χ3n) is 4.85. The Kier molecular flexibility index (Phi) is 3.57. The van der Waals surface area contributed by atoms with Crippen molar-refractivity contribution in [3.8, 4) is 6.07 Å². The predicted octanol–water partition coefficient (Wildman–Crippen LogP) is 2.67. The Balaban J connectivity index is 1.79. The van der Waals surface area contributed by atoms with E-state index in [-0.39, 0.29) is 5.91 Å². The topological polar surface area (TPSA) is 96.2 Å². The minimum Gasteiger partial charge on any atom is -0.443 e. The number of pyridine rings is 2. The van der Waals surface area contributed by atoms with E-state index < -0.39 is 17.1 Å². The molecule has 2 aromatic rings. The molecular weight excluding hydrogens is 344 g/mol. The molecule has 2 aliphatic rings. The van der Waals surface area contributed by atoms with Gasteiger partial charge in [-0.3, -0.25) is 9.78 Å². The first kappa shape index (κ1) is 17.2. The van der Waals surface area contributed by atoms with E-state index in [2.05, 4.69) is 16.0 Å². The van der Waals surface area contributed by atoms with Crippen LogP contribution in [0.25, 0.3) is 0 Å². The van der Waals surface area contributed by atoms with Crippen LogP contribution in [-0.2, 0) is 27.8 Å². The molecule has 4 rings (SSSR count). The highest BCUT2D eigenvalue weighted by Gasteiger charge is 2.57. The zero-order valence-corrected chi connectivity index (χ0v) is 15.3. The third-order valence-corrected chi connectivity index (χ3v) is 4.85. The van der Waals surface area contributed by atoms with Crippen LogP contribution >= 0.6 is 0 Å². The van der Waals surface area contributed by atoms with Crippen LogP contribution in [-0.4, -0.2) is 27.6 Å². The molecule has 7 nitrogen and oxygen atoms in total. The van der Waals surface area contributed by atoms with Gasteiger partial charge in [0.1, 0.15) is 17.5 Å². The maximum atomic E-state index is 13.4. The second-order valence-electron chi connectivity index (χ2n) is 7.87. The number of anilines is 1. The summed E-state index contributed by atoms with van der Waals surface area (Å²) in [7, 11) is 0. The number of rotatable bonds is 0. The van der Waals surface area contributed by atoms with Crippen LogP contribution in [0.3, 0.4) is 0 Å². The maximum Gasteiger partial charge on any atom is 0.423 e. The summed E-state index contributed by atoms with van der Waals surface area (Å²) in [6, 6.07) is 7.41. The smallest absolute Gasteiger partial charge is 0.423 e. The normalized spacial score (nSPS) is 20.4. The highest BCUT2D eigenvalue weighted by Crippen LogP contribution is 2.49. The van der Waals surface area contributed by atoms with Crippen LogP contribution in [0.1, 0.15) is 43.2 Å². The van der Waals surface area contributed by atoms with Crippen molar-refractivity contribution in [3.05, 3.63) is 53.0 Å². The van der Waals surface area contributed by atoms with E-state index >= 15 is 0 Å². The van der Waals surface area contributed by atoms with E-state index in [9.17, 15) is 9.59 Å². The quantitative estimate of drug-likeness (QED) is 0.715. The first-order valence-corrected chi connectivity index (χ1v) is 8.66. The summed E-state index contributed by atoms with van der Waals surface area (Å²) in [6.45, 7) is 5.25. The van der Waals surface area contributed by atoms with Gasteiger partial charge in [-0.1, -0.05) is 6.07 Å². The minimum atomic E-state index is -0.941. The first-order valence-electron chi connectivity index (χ1n) is 8.66. The highest BCUT2D eigenvalue weighted by molar-refractivity contribution is 6.20. The number of hydrogen-bond donors (Lipinski definition) is 0. The Morgan fingerprint density at radius 1 is 1.33 bits per heavy atom. The van der Waals surface area contributed by atoms with Crippen molar-refractivity contribution < 1.29 is 14.3 Å². The molecule has 2 amide bonds. The van der Waals surface area contributed by atoms with Crippen LogP contribution in [0, 0.1) is 11.3 Å². The Hall–Kier alpha value is -3.27. The average molecular weight is 362 g/mol. The minimum absolute atomic E-state index is 0.310. The molecule has 3 heterocycles. The van der Waals surface area contributed by atoms with Crippen LogP contribution in [0.2, 0.25) is 0 Å². The second kappa shape index (κ2) is 5.61. The van der Waals surface area contributed by atoms with Crippen LogP contribution in [0.15, 0.2) is 30.6 Å². The number of carbonyl (C=O) groups excluding carboxylic acids is 2. The third kappa shape index (κ3) is 2.56. The fourth-order valence-electron chi connectivity index (χ4n) is 3.78. The van der Waals surface area contributed by atoms with E-state index in [0.717, 1.165) is 16.2 Å². The Morgan fingerprint density at radius 3 is 2.81 bits per heavy atom. The van der Waals surface area contributed by atoms with Gasteiger partial charge in [-0.25, -0.2) is 9.78 Å². The number of nitrogens with zero attached hydrogens (tertiary/aromatic N) is 4. The zero-order chi connectivity index (χ0) is 19.4. The molecule has 1 spiro atoms. The van der Waals surface area contributed by atoms with Crippen molar-refractivity contribution >= 4 is 17.8 Å². The molecule has 27 heavy (non-hydrogen) atoms. The molecule has 1 aliphatic carbocycles. The van der Waals surface area contributed by atoms with Crippen molar-refractivity contribution in [1.82, 2.24) is 9.97 Å². The van der Waals surface area contributed by atoms with Crippen LogP contribution in [0.5, 0.6) is 0 Å². The molecule has 1 aliphatic heterocycles. The van der Waals surface area contributed by atoms with Gasteiger partial charge in [0.2, 0.25) is 5.91 Å². The van der Waals surface area contributed by atoms with E-state index in [1.54, 1.807) is 39.1 Å². The van der Waals surface area contributed by atoms with Crippen molar-refractivity contribution in [2.45, 2.75) is 44.6 Å². The summed E-state index contributed by atoms with van der Waals surface area (Å²) in [5.74, 6) is -0.0491. The molecule has 1 atom stereocenters. The fourth-order valence-corrected chi connectivity index (χ4v) is 3.78. The summed E-state index contributed by atoms with van der Waals surface area (Å²) in [5.41, 5.74) is 1.09. The summed E-state index contributed by atoms with van der Waals surface area (Å²) in [6.07, 6.45) is 3.07. The second-order valence-corrected chi connectivity index (χ2v) is 7.87. The Labute approximate surface area is 156 Å². The molecule has 0 fully saturated rings. The number of ether oxygens (including phenoxy) is 1. The zero-order valence-electron chi connectivity index (χ0n) is 15.3. The molecule has 0 aromatic carbocycles. The van der Waals surface area contributed by atoms with Gasteiger partial charge in [-0.2, -0.15) is 10.2 Å². The van der Waals surface area contributed by atoms with Gasteiger partial charge in [0.05, 0.1) is 11.0 Å². The first-order chi connectivity index (χ1) is 12.7. The van der Waals surface area contributed by atoms with Gasteiger partial charge in [-0.15, -0.1) is 0 Å². The lowest BCUT2D eigenvalue weighted by molar-refractivity contribution is -0.122. The molecule has 7 heteroatoms. The van der Waals surface area contributed by atoms with Gasteiger partial charge >= 0.3 is 6.09 Å². The molecule has 0 saturated carbocycles. The van der Waals surface area contributed by atoms with E-state index in [1.807, 2.05) is 6.07 Å².